The highest BCUT2D eigenvalue weighted by atomic mass is 32.2. The molecule has 2 unspecified atom stereocenters. The van der Waals surface area contributed by atoms with Crippen LogP contribution < -0.4 is 4.72 Å². The molecule has 2 rings (SSSR count). The SMILES string of the molecule is CCC1COC(C)(CC)N1C(=O)NS(=O)(=O)c1ccc(C)cc1. The predicted octanol–water partition coefficient (Wildman–Crippen LogP) is 2.63. The number of hydrogen-bond acceptors (Lipinski definition) is 4. The molecule has 1 aromatic carbocycles. The van der Waals surface area contributed by atoms with Crippen molar-refractivity contribution in [3.05, 3.63) is 29.8 Å². The van der Waals surface area contributed by atoms with Crippen LogP contribution in [0, 0.1) is 6.92 Å². The molecular weight excluding hydrogens is 316 g/mol. The van der Waals surface area contributed by atoms with Crippen molar-refractivity contribution in [2.24, 2.45) is 0 Å². The van der Waals surface area contributed by atoms with Gasteiger partial charge in [0.1, 0.15) is 5.72 Å². The summed E-state index contributed by atoms with van der Waals surface area (Å²) < 4.78 is 32.7. The molecule has 23 heavy (non-hydrogen) atoms. The van der Waals surface area contributed by atoms with Crippen LogP contribution in [0.2, 0.25) is 0 Å². The Morgan fingerprint density at radius 2 is 1.96 bits per heavy atom. The number of ether oxygens (including phenoxy) is 1. The summed E-state index contributed by atoms with van der Waals surface area (Å²) in [7, 11) is -3.90. The highest BCUT2D eigenvalue weighted by Crippen LogP contribution is 2.32. The first-order valence-corrected chi connectivity index (χ1v) is 9.28. The highest BCUT2D eigenvalue weighted by molar-refractivity contribution is 7.90. The Kier molecular flexibility index (Phi) is 5.01. The van der Waals surface area contributed by atoms with Gasteiger partial charge in [-0.3, -0.25) is 4.90 Å². The number of hydrogen-bond donors (Lipinski definition) is 1. The van der Waals surface area contributed by atoms with Gasteiger partial charge in [0.15, 0.2) is 0 Å². The lowest BCUT2D eigenvalue weighted by Gasteiger charge is -2.35. The van der Waals surface area contributed by atoms with Crippen LogP contribution in [-0.4, -0.2) is 37.7 Å². The molecule has 1 aliphatic heterocycles. The highest BCUT2D eigenvalue weighted by Gasteiger charge is 2.46. The zero-order chi connectivity index (χ0) is 17.3. The molecule has 1 N–H and O–H groups in total. The molecule has 128 valence electrons. The van der Waals surface area contributed by atoms with E-state index in [2.05, 4.69) is 4.72 Å². The van der Waals surface area contributed by atoms with Gasteiger partial charge in [-0.15, -0.1) is 0 Å². The van der Waals surface area contributed by atoms with Crippen LogP contribution in [0.4, 0.5) is 4.79 Å². The van der Waals surface area contributed by atoms with E-state index >= 15 is 0 Å². The zero-order valence-electron chi connectivity index (χ0n) is 14.0. The summed E-state index contributed by atoms with van der Waals surface area (Å²) >= 11 is 0. The largest absolute Gasteiger partial charge is 0.354 e. The maximum Gasteiger partial charge on any atom is 0.333 e. The van der Waals surface area contributed by atoms with Gasteiger partial charge in [0.25, 0.3) is 10.0 Å². The first-order valence-electron chi connectivity index (χ1n) is 7.80. The zero-order valence-corrected chi connectivity index (χ0v) is 14.8. The Balaban J connectivity index is 2.24. The molecular formula is C16H24N2O4S. The molecule has 1 aliphatic rings. The molecule has 1 saturated heterocycles. The van der Waals surface area contributed by atoms with E-state index in [4.69, 9.17) is 4.74 Å². The molecule has 2 amide bonds. The first kappa shape index (κ1) is 17.7. The second-order valence-electron chi connectivity index (χ2n) is 6.00. The fraction of sp³-hybridized carbons (Fsp3) is 0.562. The minimum atomic E-state index is -3.90. The Bertz CT molecular complexity index is 672. The summed E-state index contributed by atoms with van der Waals surface area (Å²) in [4.78, 5) is 14.2. The fourth-order valence-corrected chi connectivity index (χ4v) is 3.64. The standard InChI is InChI=1S/C16H24N2O4S/c1-5-13-11-22-16(4,6-2)18(13)15(19)17-23(20,21)14-9-7-12(3)8-10-14/h7-10,13H,5-6,11H2,1-4H3,(H,17,19). The second-order valence-corrected chi connectivity index (χ2v) is 7.68. The van der Waals surface area contributed by atoms with E-state index in [9.17, 15) is 13.2 Å². The lowest BCUT2D eigenvalue weighted by molar-refractivity contribution is -0.0508. The number of aryl methyl sites for hydroxylation is 1. The quantitative estimate of drug-likeness (QED) is 0.914. The van der Waals surface area contributed by atoms with Crippen molar-refractivity contribution in [2.45, 2.75) is 57.2 Å². The molecule has 1 aromatic rings. The number of sulfonamides is 1. The van der Waals surface area contributed by atoms with Gasteiger partial charge in [-0.25, -0.2) is 17.9 Å². The van der Waals surface area contributed by atoms with Crippen LogP contribution in [0.15, 0.2) is 29.2 Å². The third-order valence-corrected chi connectivity index (χ3v) is 5.70. The van der Waals surface area contributed by atoms with Crippen LogP contribution in [0.3, 0.4) is 0 Å². The molecule has 0 spiro atoms. The Hall–Kier alpha value is -1.60. The topological polar surface area (TPSA) is 75.7 Å². The summed E-state index contributed by atoms with van der Waals surface area (Å²) in [5.41, 5.74) is 0.168. The van der Waals surface area contributed by atoms with E-state index in [1.165, 1.54) is 17.0 Å². The van der Waals surface area contributed by atoms with Gasteiger partial charge in [-0.1, -0.05) is 31.5 Å². The van der Waals surface area contributed by atoms with Crippen molar-refractivity contribution in [3.63, 3.8) is 0 Å². The number of amides is 2. The molecule has 0 aromatic heterocycles. The molecule has 1 heterocycles. The van der Waals surface area contributed by atoms with Crippen LogP contribution in [0.1, 0.15) is 39.2 Å². The second kappa shape index (κ2) is 6.49. The molecule has 6 nitrogen and oxygen atoms in total. The van der Waals surface area contributed by atoms with Gasteiger partial charge in [-0.2, -0.15) is 0 Å². The van der Waals surface area contributed by atoms with Gasteiger partial charge in [0.05, 0.1) is 17.5 Å². The molecule has 0 radical (unpaired) electrons. The Morgan fingerprint density at radius 1 is 1.35 bits per heavy atom. The number of nitrogens with zero attached hydrogens (tertiary/aromatic N) is 1. The number of urea groups is 1. The summed E-state index contributed by atoms with van der Waals surface area (Å²) in [6.45, 7) is 7.95. The van der Waals surface area contributed by atoms with E-state index in [1.807, 2.05) is 20.8 Å². The summed E-state index contributed by atoms with van der Waals surface area (Å²) in [5, 5.41) is 0. The van der Waals surface area contributed by atoms with E-state index in [0.717, 1.165) is 5.56 Å². The molecule has 7 heteroatoms. The Morgan fingerprint density at radius 3 is 2.48 bits per heavy atom. The third kappa shape index (κ3) is 3.50. The maximum atomic E-state index is 12.6. The first-order chi connectivity index (χ1) is 10.7. The molecule has 0 saturated carbocycles. The molecule has 0 bridgehead atoms. The number of carbonyl (C=O) groups excluding carboxylic acids is 1. The number of benzene rings is 1. The van der Waals surface area contributed by atoms with Gasteiger partial charge in [0.2, 0.25) is 0 Å². The minimum Gasteiger partial charge on any atom is -0.354 e. The van der Waals surface area contributed by atoms with Crippen molar-refractivity contribution in [1.82, 2.24) is 9.62 Å². The fourth-order valence-electron chi connectivity index (χ4n) is 2.70. The predicted molar refractivity (Wildman–Crippen MR) is 87.5 cm³/mol. The van der Waals surface area contributed by atoms with Crippen LogP contribution >= 0.6 is 0 Å². The van der Waals surface area contributed by atoms with E-state index < -0.39 is 21.8 Å². The number of rotatable bonds is 4. The van der Waals surface area contributed by atoms with E-state index in [1.54, 1.807) is 19.1 Å². The third-order valence-electron chi connectivity index (χ3n) is 4.36. The molecule has 1 fully saturated rings. The van der Waals surface area contributed by atoms with Crippen molar-refractivity contribution < 1.29 is 17.9 Å². The average molecular weight is 340 g/mol. The minimum absolute atomic E-state index is 0.0721. The molecule has 0 aliphatic carbocycles. The van der Waals surface area contributed by atoms with Crippen molar-refractivity contribution >= 4 is 16.1 Å². The van der Waals surface area contributed by atoms with Crippen molar-refractivity contribution in [3.8, 4) is 0 Å². The van der Waals surface area contributed by atoms with Gasteiger partial charge in [0, 0.05) is 0 Å². The summed E-state index contributed by atoms with van der Waals surface area (Å²) in [6, 6.07) is 5.60. The smallest absolute Gasteiger partial charge is 0.333 e. The normalized spacial score (nSPS) is 24.7. The Labute approximate surface area is 137 Å². The lowest BCUT2D eigenvalue weighted by atomic mass is 10.1. The van der Waals surface area contributed by atoms with Crippen molar-refractivity contribution in [1.29, 1.82) is 0 Å². The van der Waals surface area contributed by atoms with Gasteiger partial charge >= 0.3 is 6.03 Å². The average Bonchev–Trinajstić information content (AvgIpc) is 2.85. The number of carbonyl (C=O) groups is 1. The monoisotopic (exact) mass is 340 g/mol. The number of nitrogens with one attached hydrogen (secondary N) is 1. The lowest BCUT2D eigenvalue weighted by Crippen LogP contribution is -2.54. The van der Waals surface area contributed by atoms with Crippen LogP contribution in [-0.2, 0) is 14.8 Å². The molecule has 2 atom stereocenters. The maximum absolute atomic E-state index is 12.6. The van der Waals surface area contributed by atoms with Gasteiger partial charge in [-0.05, 0) is 38.8 Å². The van der Waals surface area contributed by atoms with Crippen LogP contribution in [0.25, 0.3) is 0 Å². The summed E-state index contributed by atoms with van der Waals surface area (Å²) in [5.74, 6) is 0. The van der Waals surface area contributed by atoms with E-state index in [0.29, 0.717) is 19.4 Å². The van der Waals surface area contributed by atoms with Crippen LogP contribution in [0.5, 0.6) is 0 Å². The summed E-state index contributed by atoms with van der Waals surface area (Å²) in [6.07, 6.45) is 1.29. The van der Waals surface area contributed by atoms with Gasteiger partial charge < -0.3 is 4.74 Å². The van der Waals surface area contributed by atoms with E-state index in [-0.39, 0.29) is 10.9 Å². The van der Waals surface area contributed by atoms with Crippen molar-refractivity contribution in [2.75, 3.05) is 6.61 Å².